The normalized spacial score (nSPS) is 11.4. The molecule has 0 aliphatic heterocycles. The minimum absolute atomic E-state index is 0. The van der Waals surface area contributed by atoms with Gasteiger partial charge in [0.05, 0.1) is 5.97 Å². The summed E-state index contributed by atoms with van der Waals surface area (Å²) >= 11 is 0. The maximum atomic E-state index is 11.4. The Morgan fingerprint density at radius 1 is 0.913 bits per heavy atom. The van der Waals surface area contributed by atoms with Crippen LogP contribution in [0, 0.1) is 0 Å². The molecule has 2 N–H and O–H groups in total. The van der Waals surface area contributed by atoms with Gasteiger partial charge < -0.3 is 20.4 Å². The second-order valence-electron chi connectivity index (χ2n) is 5.54. The fourth-order valence-electron chi connectivity index (χ4n) is 2.02. The summed E-state index contributed by atoms with van der Waals surface area (Å²) in [6, 6.07) is -1.21. The number of hydrogen-bond acceptors (Lipinski definition) is 6. The van der Waals surface area contributed by atoms with Crippen LogP contribution in [0.25, 0.3) is 0 Å². The van der Waals surface area contributed by atoms with E-state index in [0.29, 0.717) is 6.42 Å². The predicted molar refractivity (Wildman–Crippen MR) is 80.5 cm³/mol. The topological polar surface area (TPSA) is 110 Å². The molecule has 0 saturated heterocycles. The third-order valence-corrected chi connectivity index (χ3v) is 3.42. The van der Waals surface area contributed by atoms with Crippen molar-refractivity contribution >= 4 is 17.9 Å². The first-order valence-electron chi connectivity index (χ1n) is 8.17. The quantitative estimate of drug-likeness (QED) is 0.186. The molecule has 0 aliphatic carbocycles. The summed E-state index contributed by atoms with van der Waals surface area (Å²) in [6.07, 6.45) is 8.85. The van der Waals surface area contributed by atoms with Crippen molar-refractivity contribution in [3.63, 3.8) is 0 Å². The van der Waals surface area contributed by atoms with Gasteiger partial charge in [0, 0.05) is 18.9 Å². The molecule has 7 heteroatoms. The van der Waals surface area contributed by atoms with Gasteiger partial charge >= 0.3 is 63.3 Å². The summed E-state index contributed by atoms with van der Waals surface area (Å²) in [6.45, 7) is 2.18. The van der Waals surface area contributed by atoms with Crippen molar-refractivity contribution in [2.24, 2.45) is 5.73 Å². The van der Waals surface area contributed by atoms with E-state index >= 15 is 0 Å². The van der Waals surface area contributed by atoms with Gasteiger partial charge in [0.1, 0.15) is 0 Å². The van der Waals surface area contributed by atoms with Gasteiger partial charge in [-0.15, -0.1) is 0 Å². The molecule has 0 radical (unpaired) electrons. The average Bonchev–Trinajstić information content (AvgIpc) is 2.47. The van der Waals surface area contributed by atoms with Gasteiger partial charge in [0.2, 0.25) is 0 Å². The third kappa shape index (κ3) is 16.8. The Bertz CT molecular complexity index is 349. The van der Waals surface area contributed by atoms with E-state index in [0.717, 1.165) is 12.8 Å². The maximum absolute atomic E-state index is 11.4. The molecule has 128 valence electrons. The van der Waals surface area contributed by atoms with E-state index in [1.807, 2.05) is 0 Å². The van der Waals surface area contributed by atoms with E-state index in [2.05, 4.69) is 11.7 Å². The molecule has 0 unspecified atom stereocenters. The fraction of sp³-hybridized carbons (Fsp3) is 0.812. The van der Waals surface area contributed by atoms with Crippen LogP contribution in [0.1, 0.15) is 77.6 Å². The van der Waals surface area contributed by atoms with Crippen LogP contribution >= 0.6 is 0 Å². The fourth-order valence-corrected chi connectivity index (χ4v) is 2.02. The first-order valence-corrected chi connectivity index (χ1v) is 8.17. The molecule has 0 bridgehead atoms. The van der Waals surface area contributed by atoms with Crippen molar-refractivity contribution in [1.29, 1.82) is 0 Å². The van der Waals surface area contributed by atoms with Gasteiger partial charge in [0.15, 0.2) is 0 Å². The molecule has 0 aromatic carbocycles. The Balaban J connectivity index is 0. The van der Waals surface area contributed by atoms with Gasteiger partial charge in [-0.2, -0.15) is 0 Å². The number of carbonyl (C=O) groups excluding carboxylic acids is 3. The number of carboxylic acids is 1. The Labute approximate surface area is 181 Å². The van der Waals surface area contributed by atoms with E-state index in [1.54, 1.807) is 0 Å². The molecule has 0 spiro atoms. The van der Waals surface area contributed by atoms with Crippen molar-refractivity contribution in [3.05, 3.63) is 0 Å². The molecule has 6 nitrogen and oxygen atoms in total. The van der Waals surface area contributed by atoms with Gasteiger partial charge in [-0.05, 0) is 12.8 Å². The number of unbranched alkanes of at least 4 members (excludes halogenated alkanes) is 7. The number of nitrogens with two attached hydrogens (primary N) is 1. The van der Waals surface area contributed by atoms with E-state index in [4.69, 9.17) is 5.73 Å². The summed E-state index contributed by atoms with van der Waals surface area (Å²) in [7, 11) is 0. The zero-order valence-electron chi connectivity index (χ0n) is 14.5. The van der Waals surface area contributed by atoms with Crippen LogP contribution in [0.15, 0.2) is 0 Å². The van der Waals surface area contributed by atoms with E-state index in [-0.39, 0.29) is 70.6 Å². The minimum Gasteiger partial charge on any atom is -0.548 e. The second kappa shape index (κ2) is 17.0. The molecule has 23 heavy (non-hydrogen) atoms. The van der Waals surface area contributed by atoms with Crippen molar-refractivity contribution < 1.29 is 75.6 Å². The molecular weight excluding hydrogens is 325 g/mol. The molecule has 0 aliphatic rings. The SMILES string of the molecule is CCCCCCCCCCC(=O)OC(=O)CC[C@H](N)C(=O)[O-].[K+]. The van der Waals surface area contributed by atoms with Crippen LogP contribution < -0.4 is 62.2 Å². The van der Waals surface area contributed by atoms with Crippen molar-refractivity contribution in [1.82, 2.24) is 0 Å². The second-order valence-corrected chi connectivity index (χ2v) is 5.54. The van der Waals surface area contributed by atoms with Crippen LogP contribution in [-0.4, -0.2) is 23.9 Å². The van der Waals surface area contributed by atoms with Gasteiger partial charge in [-0.1, -0.05) is 51.9 Å². The molecule has 0 saturated carbocycles. The zero-order chi connectivity index (χ0) is 16.8. The maximum Gasteiger partial charge on any atom is 1.00 e. The predicted octanol–water partition coefficient (Wildman–Crippen LogP) is -1.55. The number of aliphatic carboxylic acids is 1. The number of carbonyl (C=O) groups is 3. The number of rotatable bonds is 13. The van der Waals surface area contributed by atoms with Crippen LogP contribution in [-0.2, 0) is 19.1 Å². The van der Waals surface area contributed by atoms with Crippen LogP contribution in [0.4, 0.5) is 0 Å². The Hall–Kier alpha value is 0.206. The van der Waals surface area contributed by atoms with Crippen LogP contribution in [0.3, 0.4) is 0 Å². The summed E-state index contributed by atoms with van der Waals surface area (Å²) in [5.74, 6) is -2.71. The molecule has 0 aromatic rings. The van der Waals surface area contributed by atoms with E-state index in [1.165, 1.54) is 32.1 Å². The van der Waals surface area contributed by atoms with Crippen molar-refractivity contribution in [2.75, 3.05) is 0 Å². The van der Waals surface area contributed by atoms with Gasteiger partial charge in [0.25, 0.3) is 0 Å². The number of esters is 2. The Morgan fingerprint density at radius 2 is 1.39 bits per heavy atom. The molecule has 0 heterocycles. The van der Waals surface area contributed by atoms with Gasteiger partial charge in [-0.3, -0.25) is 9.59 Å². The average molecular weight is 354 g/mol. The number of hydrogen-bond donors (Lipinski definition) is 1. The van der Waals surface area contributed by atoms with Crippen molar-refractivity contribution in [2.45, 2.75) is 83.6 Å². The summed E-state index contributed by atoms with van der Waals surface area (Å²) in [5.41, 5.74) is 5.20. The molecular formula is C16H28KNO5. The monoisotopic (exact) mass is 353 g/mol. The summed E-state index contributed by atoms with van der Waals surface area (Å²) in [5, 5.41) is 10.4. The smallest absolute Gasteiger partial charge is 0.548 e. The minimum atomic E-state index is -1.42. The molecule has 0 fully saturated rings. The molecule has 0 amide bonds. The Morgan fingerprint density at radius 3 is 1.91 bits per heavy atom. The molecule has 0 rings (SSSR count). The molecule has 0 aromatic heterocycles. The van der Waals surface area contributed by atoms with E-state index in [9.17, 15) is 19.5 Å². The largest absolute Gasteiger partial charge is 1.00 e. The third-order valence-electron chi connectivity index (χ3n) is 3.42. The standard InChI is InChI=1S/C16H29NO5.K/c1-2-3-4-5-6-7-8-9-10-14(18)22-15(19)12-11-13(17)16(20)21;/h13H,2-12,17H2,1H3,(H,20,21);/q;+1/p-1/t13-;/m0./s1. The first kappa shape index (κ1) is 25.4. The number of carboxylic acid groups (broad SMARTS) is 1. The van der Waals surface area contributed by atoms with E-state index < -0.39 is 23.9 Å². The summed E-state index contributed by atoms with van der Waals surface area (Å²) < 4.78 is 4.59. The Kier molecular flexibility index (Phi) is 18.9. The van der Waals surface area contributed by atoms with Crippen molar-refractivity contribution in [3.8, 4) is 0 Å². The zero-order valence-corrected chi connectivity index (χ0v) is 17.6. The molecule has 1 atom stereocenters. The van der Waals surface area contributed by atoms with Crippen LogP contribution in [0.2, 0.25) is 0 Å². The van der Waals surface area contributed by atoms with Gasteiger partial charge in [-0.25, -0.2) is 0 Å². The number of ether oxygens (including phenoxy) is 1. The first-order chi connectivity index (χ1) is 10.5. The summed E-state index contributed by atoms with van der Waals surface area (Å²) in [4.78, 5) is 33.1. The van der Waals surface area contributed by atoms with Crippen LogP contribution in [0.5, 0.6) is 0 Å².